The van der Waals surface area contributed by atoms with E-state index in [9.17, 15) is 0 Å². The zero-order chi connectivity index (χ0) is 14.9. The van der Waals surface area contributed by atoms with E-state index in [1.54, 1.807) is 0 Å². The smallest absolute Gasteiger partial charge is 0.130 e. The van der Waals surface area contributed by atoms with Crippen molar-refractivity contribution in [2.45, 2.75) is 60.3 Å². The molecule has 1 aromatic carbocycles. The molecule has 1 aliphatic heterocycles. The highest BCUT2D eigenvalue weighted by molar-refractivity contribution is 5.45. The zero-order valence-electron chi connectivity index (χ0n) is 13.8. The molecule has 1 heterocycles. The van der Waals surface area contributed by atoms with Gasteiger partial charge in [-0.15, -0.1) is 0 Å². The van der Waals surface area contributed by atoms with Crippen LogP contribution in [0.15, 0.2) is 29.5 Å². The Morgan fingerprint density at radius 1 is 1.00 bits per heavy atom. The molecule has 0 fully saturated rings. The maximum Gasteiger partial charge on any atom is 0.130 e. The maximum absolute atomic E-state index is 6.22. The molecule has 2 rings (SSSR count). The molecule has 0 aromatic heterocycles. The Morgan fingerprint density at radius 2 is 1.70 bits per heavy atom. The van der Waals surface area contributed by atoms with Gasteiger partial charge >= 0.3 is 0 Å². The van der Waals surface area contributed by atoms with Crippen LogP contribution in [0, 0.1) is 11.8 Å². The van der Waals surface area contributed by atoms with Crippen LogP contribution < -0.4 is 4.74 Å². The van der Waals surface area contributed by atoms with Crippen molar-refractivity contribution in [1.82, 2.24) is 0 Å². The highest BCUT2D eigenvalue weighted by Crippen LogP contribution is 2.36. The normalized spacial score (nSPS) is 15.1. The van der Waals surface area contributed by atoms with Gasteiger partial charge in [-0.1, -0.05) is 53.7 Å². The Labute approximate surface area is 124 Å². The molecule has 20 heavy (non-hydrogen) atoms. The molecule has 0 bridgehead atoms. The largest absolute Gasteiger partial charge is 0.461 e. The number of hydrogen-bond donors (Lipinski definition) is 0. The summed E-state index contributed by atoms with van der Waals surface area (Å²) in [5, 5.41) is 0. The van der Waals surface area contributed by atoms with Crippen LogP contribution in [0.1, 0.15) is 65.0 Å². The summed E-state index contributed by atoms with van der Waals surface area (Å²) in [7, 11) is 0. The molecule has 0 saturated heterocycles. The lowest BCUT2D eigenvalue weighted by Crippen LogP contribution is -2.16. The Kier molecular flexibility index (Phi) is 4.57. The van der Waals surface area contributed by atoms with E-state index in [0.29, 0.717) is 17.8 Å². The number of fused-ring (bicyclic) bond motifs is 1. The number of rotatable bonds is 4. The lowest BCUT2D eigenvalue weighted by atomic mass is 9.89. The molecule has 1 heteroatoms. The number of benzene rings is 1. The van der Waals surface area contributed by atoms with E-state index < -0.39 is 0 Å². The van der Waals surface area contributed by atoms with Crippen LogP contribution in [0.2, 0.25) is 0 Å². The van der Waals surface area contributed by atoms with E-state index in [0.717, 1.165) is 18.6 Å². The minimum Gasteiger partial charge on any atom is -0.461 e. The van der Waals surface area contributed by atoms with Gasteiger partial charge in [0.05, 0.1) is 0 Å². The van der Waals surface area contributed by atoms with E-state index in [2.05, 4.69) is 59.7 Å². The molecule has 110 valence electrons. The lowest BCUT2D eigenvalue weighted by Gasteiger charge is -2.27. The van der Waals surface area contributed by atoms with Crippen LogP contribution in [0.5, 0.6) is 5.75 Å². The van der Waals surface area contributed by atoms with Crippen LogP contribution in [0.3, 0.4) is 0 Å². The molecular weight excluding hydrogens is 244 g/mol. The fraction of sp³-hybridized carbons (Fsp3) is 0.579. The van der Waals surface area contributed by atoms with Crippen LogP contribution in [0.25, 0.3) is 0 Å². The molecule has 1 nitrogen and oxygen atoms in total. The van der Waals surface area contributed by atoms with E-state index in [1.165, 1.54) is 22.5 Å². The number of ether oxygens (including phenoxy) is 1. The minimum absolute atomic E-state index is 0.460. The van der Waals surface area contributed by atoms with Crippen LogP contribution in [0.4, 0.5) is 0 Å². The molecular formula is C19H28O. The van der Waals surface area contributed by atoms with Gasteiger partial charge < -0.3 is 4.74 Å². The standard InChI is InChI=1S/C19H28O/c1-12(2)9-17-11-16-10-15(13(3)4)7-8-18(16)20-19(17)14(5)6/h7-8,10,12-14H,9,11H2,1-6H3. The fourth-order valence-corrected chi connectivity index (χ4v) is 2.90. The van der Waals surface area contributed by atoms with Gasteiger partial charge in [0.1, 0.15) is 11.5 Å². The highest BCUT2D eigenvalue weighted by Gasteiger charge is 2.22. The van der Waals surface area contributed by atoms with Gasteiger partial charge in [-0.25, -0.2) is 0 Å². The SMILES string of the molecule is CC(C)CC1=C(C(C)C)Oc2ccc(C(C)C)cc2C1. The topological polar surface area (TPSA) is 9.23 Å². The summed E-state index contributed by atoms with van der Waals surface area (Å²) in [6.45, 7) is 13.5. The fourth-order valence-electron chi connectivity index (χ4n) is 2.90. The van der Waals surface area contributed by atoms with Gasteiger partial charge in [-0.05, 0) is 41.0 Å². The van der Waals surface area contributed by atoms with Crippen molar-refractivity contribution in [3.8, 4) is 5.75 Å². The third-order valence-corrected chi connectivity index (χ3v) is 3.90. The molecule has 0 radical (unpaired) electrons. The Bertz CT molecular complexity index is 506. The molecule has 1 aliphatic rings. The van der Waals surface area contributed by atoms with Crippen molar-refractivity contribution < 1.29 is 4.74 Å². The van der Waals surface area contributed by atoms with E-state index in [4.69, 9.17) is 4.74 Å². The van der Waals surface area contributed by atoms with Crippen molar-refractivity contribution in [3.63, 3.8) is 0 Å². The van der Waals surface area contributed by atoms with Gasteiger partial charge in [0.2, 0.25) is 0 Å². The predicted octanol–water partition coefficient (Wildman–Crippen LogP) is 5.70. The second kappa shape index (κ2) is 6.03. The van der Waals surface area contributed by atoms with Crippen LogP contribution in [-0.4, -0.2) is 0 Å². The molecule has 1 aromatic rings. The average molecular weight is 272 g/mol. The van der Waals surface area contributed by atoms with Crippen molar-refractivity contribution >= 4 is 0 Å². The van der Waals surface area contributed by atoms with E-state index >= 15 is 0 Å². The number of allylic oxidation sites excluding steroid dienone is 2. The zero-order valence-corrected chi connectivity index (χ0v) is 13.8. The summed E-state index contributed by atoms with van der Waals surface area (Å²) in [6, 6.07) is 6.69. The Balaban J connectivity index is 2.35. The molecule has 0 unspecified atom stereocenters. The summed E-state index contributed by atoms with van der Waals surface area (Å²) in [4.78, 5) is 0. The minimum atomic E-state index is 0.460. The third-order valence-electron chi connectivity index (χ3n) is 3.90. The first-order valence-electron chi connectivity index (χ1n) is 7.91. The summed E-state index contributed by atoms with van der Waals surface area (Å²) in [6.07, 6.45) is 2.19. The van der Waals surface area contributed by atoms with Gasteiger partial charge in [0.15, 0.2) is 0 Å². The average Bonchev–Trinajstić information content (AvgIpc) is 2.36. The summed E-state index contributed by atoms with van der Waals surface area (Å²) in [5.74, 6) is 3.97. The maximum atomic E-state index is 6.22. The summed E-state index contributed by atoms with van der Waals surface area (Å²) < 4.78 is 6.22. The first kappa shape index (κ1) is 15.2. The first-order chi connectivity index (χ1) is 9.38. The van der Waals surface area contributed by atoms with Gasteiger partial charge in [-0.2, -0.15) is 0 Å². The second-order valence-electron chi connectivity index (χ2n) is 7.02. The number of hydrogen-bond acceptors (Lipinski definition) is 1. The molecule has 0 aliphatic carbocycles. The predicted molar refractivity (Wildman–Crippen MR) is 86.2 cm³/mol. The van der Waals surface area contributed by atoms with Crippen LogP contribution >= 0.6 is 0 Å². The van der Waals surface area contributed by atoms with Gasteiger partial charge in [0, 0.05) is 12.3 Å². The Morgan fingerprint density at radius 3 is 2.25 bits per heavy atom. The molecule has 0 amide bonds. The van der Waals surface area contributed by atoms with E-state index in [-0.39, 0.29) is 0 Å². The Hall–Kier alpha value is -1.24. The quantitative estimate of drug-likeness (QED) is 0.683. The second-order valence-corrected chi connectivity index (χ2v) is 7.02. The monoisotopic (exact) mass is 272 g/mol. The molecule has 0 spiro atoms. The summed E-state index contributed by atoms with van der Waals surface area (Å²) in [5.41, 5.74) is 4.25. The van der Waals surface area contributed by atoms with Crippen molar-refractivity contribution in [2.75, 3.05) is 0 Å². The molecule has 0 atom stereocenters. The van der Waals surface area contributed by atoms with E-state index in [1.807, 2.05) is 0 Å². The van der Waals surface area contributed by atoms with Crippen molar-refractivity contribution in [2.24, 2.45) is 11.8 Å². The highest BCUT2D eigenvalue weighted by atomic mass is 16.5. The summed E-state index contributed by atoms with van der Waals surface area (Å²) >= 11 is 0. The van der Waals surface area contributed by atoms with Crippen molar-refractivity contribution in [3.05, 3.63) is 40.7 Å². The third kappa shape index (κ3) is 3.26. The van der Waals surface area contributed by atoms with Crippen LogP contribution in [-0.2, 0) is 6.42 Å². The van der Waals surface area contributed by atoms with Crippen molar-refractivity contribution in [1.29, 1.82) is 0 Å². The lowest BCUT2D eigenvalue weighted by molar-refractivity contribution is 0.340. The van der Waals surface area contributed by atoms with Gasteiger partial charge in [0.25, 0.3) is 0 Å². The molecule has 0 saturated carbocycles. The van der Waals surface area contributed by atoms with Gasteiger partial charge in [-0.3, -0.25) is 0 Å². The molecule has 0 N–H and O–H groups in total. The first-order valence-corrected chi connectivity index (χ1v) is 7.91.